The molecule has 2 heterocycles. The fourth-order valence-electron chi connectivity index (χ4n) is 1.85. The second-order valence-electron chi connectivity index (χ2n) is 3.90. The van der Waals surface area contributed by atoms with E-state index in [4.69, 9.17) is 5.73 Å². The second-order valence-corrected chi connectivity index (χ2v) is 4.81. The van der Waals surface area contributed by atoms with Crippen LogP contribution in [0.5, 0.6) is 0 Å². The minimum atomic E-state index is -0.600. The van der Waals surface area contributed by atoms with Crippen LogP contribution < -0.4 is 5.73 Å². The molecular weight excluding hydrogens is 318 g/mol. The molecule has 0 aliphatic carbocycles. The van der Waals surface area contributed by atoms with Gasteiger partial charge in [-0.3, -0.25) is 4.57 Å². The zero-order valence-corrected chi connectivity index (χ0v) is 11.0. The van der Waals surface area contributed by atoms with Crippen molar-refractivity contribution >= 4 is 33.0 Å². The molecule has 0 bridgehead atoms. The lowest BCUT2D eigenvalue weighted by Gasteiger charge is -2.07. The van der Waals surface area contributed by atoms with Crippen LogP contribution in [0.4, 0.5) is 14.7 Å². The van der Waals surface area contributed by atoms with Crippen molar-refractivity contribution in [3.05, 3.63) is 46.6 Å². The molecule has 0 unspecified atom stereocenters. The Labute approximate surface area is 115 Å². The van der Waals surface area contributed by atoms with Gasteiger partial charge in [0.15, 0.2) is 5.65 Å². The maximum absolute atomic E-state index is 13.8. The number of rotatable bonds is 1. The first kappa shape index (κ1) is 12.0. The third-order valence-electron chi connectivity index (χ3n) is 2.64. The number of fused-ring (bicyclic) bond motifs is 1. The maximum atomic E-state index is 13.8. The summed E-state index contributed by atoms with van der Waals surface area (Å²) < 4.78 is 29.1. The van der Waals surface area contributed by atoms with E-state index < -0.39 is 11.6 Å². The molecule has 0 atom stereocenters. The molecule has 2 aromatic heterocycles. The molecule has 0 aliphatic heterocycles. The van der Waals surface area contributed by atoms with Gasteiger partial charge >= 0.3 is 0 Å². The summed E-state index contributed by atoms with van der Waals surface area (Å²) in [5.41, 5.74) is 6.60. The normalized spacial score (nSPS) is 11.1. The fraction of sp³-hybridized carbons (Fsp3) is 0. The molecule has 3 rings (SSSR count). The minimum absolute atomic E-state index is 0.0187. The molecule has 0 radical (unpaired) electrons. The van der Waals surface area contributed by atoms with Gasteiger partial charge < -0.3 is 5.73 Å². The summed E-state index contributed by atoms with van der Waals surface area (Å²) >= 11 is 3.26. The molecule has 0 fully saturated rings. The van der Waals surface area contributed by atoms with Gasteiger partial charge in [-0.1, -0.05) is 0 Å². The predicted octanol–water partition coefficient (Wildman–Crippen LogP) is 3.04. The van der Waals surface area contributed by atoms with Gasteiger partial charge in [0.25, 0.3) is 0 Å². The van der Waals surface area contributed by atoms with Gasteiger partial charge in [0.2, 0.25) is 5.95 Å². The monoisotopic (exact) mass is 324 g/mol. The molecule has 0 spiro atoms. The van der Waals surface area contributed by atoms with Crippen LogP contribution in [0.2, 0.25) is 0 Å². The van der Waals surface area contributed by atoms with Crippen molar-refractivity contribution < 1.29 is 8.78 Å². The van der Waals surface area contributed by atoms with Crippen molar-refractivity contribution in [3.63, 3.8) is 0 Å². The highest BCUT2D eigenvalue weighted by molar-refractivity contribution is 9.10. The lowest BCUT2D eigenvalue weighted by molar-refractivity contribution is 0.594. The van der Waals surface area contributed by atoms with Crippen molar-refractivity contribution in [2.45, 2.75) is 0 Å². The Hall–Kier alpha value is -2.02. The van der Waals surface area contributed by atoms with E-state index in [1.54, 1.807) is 6.07 Å². The molecule has 0 saturated heterocycles. The molecular formula is C12H7BrF2N4. The Balaban J connectivity index is 2.36. The first-order valence-electron chi connectivity index (χ1n) is 5.31. The summed E-state index contributed by atoms with van der Waals surface area (Å²) in [6.07, 6.45) is 1.54. The van der Waals surface area contributed by atoms with Crippen molar-refractivity contribution in [2.75, 3.05) is 5.73 Å². The second kappa shape index (κ2) is 4.27. The summed E-state index contributed by atoms with van der Waals surface area (Å²) in [7, 11) is 0. The number of nitrogens with zero attached hydrogens (tertiary/aromatic N) is 3. The Morgan fingerprint density at radius 3 is 2.79 bits per heavy atom. The highest BCUT2D eigenvalue weighted by Gasteiger charge is 2.15. The van der Waals surface area contributed by atoms with Crippen LogP contribution in [0.1, 0.15) is 0 Å². The Bertz CT molecular complexity index is 785. The zero-order chi connectivity index (χ0) is 13.6. The van der Waals surface area contributed by atoms with E-state index in [0.717, 1.165) is 22.7 Å². The summed E-state index contributed by atoms with van der Waals surface area (Å²) in [6, 6.07) is 4.83. The maximum Gasteiger partial charge on any atom is 0.207 e. The van der Waals surface area contributed by atoms with Crippen molar-refractivity contribution in [1.29, 1.82) is 0 Å². The Morgan fingerprint density at radius 2 is 2.00 bits per heavy atom. The molecule has 0 saturated carbocycles. The number of imidazole rings is 1. The van der Waals surface area contributed by atoms with Crippen LogP contribution in [-0.4, -0.2) is 14.5 Å². The molecule has 1 aromatic carbocycles. The quantitative estimate of drug-likeness (QED) is 0.748. The van der Waals surface area contributed by atoms with E-state index in [1.165, 1.54) is 10.8 Å². The third kappa shape index (κ3) is 1.95. The largest absolute Gasteiger partial charge is 0.369 e. The first-order chi connectivity index (χ1) is 9.06. The summed E-state index contributed by atoms with van der Waals surface area (Å²) in [5, 5.41) is 0. The van der Waals surface area contributed by atoms with Gasteiger partial charge in [0.1, 0.15) is 17.2 Å². The number of aromatic nitrogens is 3. The SMILES string of the molecule is Nc1nc2cc(Br)cnc2n1-c1cc(F)ccc1F. The number of hydrogen-bond acceptors (Lipinski definition) is 3. The summed E-state index contributed by atoms with van der Waals surface area (Å²) in [4.78, 5) is 8.21. The lowest BCUT2D eigenvalue weighted by Crippen LogP contribution is -2.04. The van der Waals surface area contributed by atoms with E-state index in [2.05, 4.69) is 25.9 Å². The number of halogens is 3. The fourth-order valence-corrected chi connectivity index (χ4v) is 2.17. The van der Waals surface area contributed by atoms with Crippen molar-refractivity contribution in [3.8, 4) is 5.69 Å². The molecule has 0 aliphatic rings. The molecule has 2 N–H and O–H groups in total. The van der Waals surface area contributed by atoms with Crippen LogP contribution in [-0.2, 0) is 0 Å². The van der Waals surface area contributed by atoms with Crippen molar-refractivity contribution in [2.24, 2.45) is 0 Å². The first-order valence-corrected chi connectivity index (χ1v) is 6.10. The molecule has 0 amide bonds. The topological polar surface area (TPSA) is 56.7 Å². The van der Waals surface area contributed by atoms with Crippen LogP contribution in [0, 0.1) is 11.6 Å². The summed E-state index contributed by atoms with van der Waals surface area (Å²) in [5.74, 6) is -1.11. The lowest BCUT2D eigenvalue weighted by atomic mass is 10.3. The third-order valence-corrected chi connectivity index (χ3v) is 3.07. The van der Waals surface area contributed by atoms with E-state index in [9.17, 15) is 8.78 Å². The van der Waals surface area contributed by atoms with Gasteiger partial charge in [-0.25, -0.2) is 18.7 Å². The van der Waals surface area contributed by atoms with Crippen LogP contribution in [0.3, 0.4) is 0 Å². The van der Waals surface area contributed by atoms with E-state index in [-0.39, 0.29) is 11.6 Å². The molecule has 7 heteroatoms. The highest BCUT2D eigenvalue weighted by Crippen LogP contribution is 2.25. The Morgan fingerprint density at radius 1 is 1.21 bits per heavy atom. The van der Waals surface area contributed by atoms with Crippen molar-refractivity contribution in [1.82, 2.24) is 14.5 Å². The van der Waals surface area contributed by atoms with Gasteiger partial charge in [-0.05, 0) is 34.1 Å². The van der Waals surface area contributed by atoms with Gasteiger partial charge in [-0.15, -0.1) is 0 Å². The van der Waals surface area contributed by atoms with E-state index in [1.807, 2.05) is 0 Å². The number of nitrogens with two attached hydrogens (primary N) is 1. The van der Waals surface area contributed by atoms with Crippen LogP contribution >= 0.6 is 15.9 Å². The smallest absolute Gasteiger partial charge is 0.207 e. The van der Waals surface area contributed by atoms with Gasteiger partial charge in [-0.2, -0.15) is 0 Å². The molecule has 19 heavy (non-hydrogen) atoms. The molecule has 3 aromatic rings. The van der Waals surface area contributed by atoms with Crippen LogP contribution in [0.15, 0.2) is 34.9 Å². The molecule has 4 nitrogen and oxygen atoms in total. The van der Waals surface area contributed by atoms with Gasteiger partial charge in [0, 0.05) is 16.7 Å². The summed E-state index contributed by atoms with van der Waals surface area (Å²) in [6.45, 7) is 0. The average molecular weight is 325 g/mol. The predicted molar refractivity (Wildman–Crippen MR) is 70.9 cm³/mol. The average Bonchev–Trinajstić information content (AvgIpc) is 2.67. The Kier molecular flexibility index (Phi) is 2.70. The number of nitrogen functional groups attached to an aromatic ring is 1. The highest BCUT2D eigenvalue weighted by atomic mass is 79.9. The zero-order valence-electron chi connectivity index (χ0n) is 9.44. The number of hydrogen-bond donors (Lipinski definition) is 1. The minimum Gasteiger partial charge on any atom is -0.369 e. The van der Waals surface area contributed by atoms with E-state index >= 15 is 0 Å². The van der Waals surface area contributed by atoms with E-state index in [0.29, 0.717) is 11.2 Å². The van der Waals surface area contributed by atoms with Gasteiger partial charge in [0.05, 0.1) is 5.69 Å². The number of anilines is 1. The molecule has 96 valence electrons. The number of pyridine rings is 1. The standard InChI is InChI=1S/C12H7BrF2N4/c13-6-3-9-11(17-5-6)19(12(16)18-9)10-4-7(14)1-2-8(10)15/h1-5H,(H2,16,18). The van der Waals surface area contributed by atoms with Crippen LogP contribution in [0.25, 0.3) is 16.9 Å². The number of benzene rings is 1.